The van der Waals surface area contributed by atoms with Crippen molar-refractivity contribution in [3.8, 4) is 0 Å². The van der Waals surface area contributed by atoms with Crippen molar-refractivity contribution in [1.29, 1.82) is 0 Å². The van der Waals surface area contributed by atoms with Gasteiger partial charge in [0, 0.05) is 5.69 Å². The molecule has 1 aromatic rings. The lowest BCUT2D eigenvalue weighted by atomic mass is 9.77. The minimum absolute atomic E-state index is 0.157. The smallest absolute Gasteiger partial charge is 0.310 e. The fraction of sp³-hybridized carbons (Fsp3) is 0.333. The van der Waals surface area contributed by atoms with E-state index in [1.807, 2.05) is 36.4 Å². The highest BCUT2D eigenvalue weighted by atomic mass is 16.5. The molecule has 0 aromatic heterocycles. The van der Waals surface area contributed by atoms with Gasteiger partial charge in [0.05, 0.1) is 18.6 Å². The van der Waals surface area contributed by atoms with Gasteiger partial charge in [-0.3, -0.25) is 9.59 Å². The van der Waals surface area contributed by atoms with Crippen molar-refractivity contribution >= 4 is 17.6 Å². The van der Waals surface area contributed by atoms with Crippen LogP contribution >= 0.6 is 0 Å². The molecule has 1 N–H and O–H groups in total. The first-order valence-corrected chi connectivity index (χ1v) is 6.59. The van der Waals surface area contributed by atoms with Crippen LogP contribution in [-0.4, -0.2) is 35.2 Å². The van der Waals surface area contributed by atoms with Crippen LogP contribution in [0.15, 0.2) is 42.5 Å². The SMILES string of the molecule is O=C(O)C1C2C(=O)N(c3ccccc3)C[C@@]23C=C[C@@H]1O3. The van der Waals surface area contributed by atoms with Crippen molar-refractivity contribution in [2.45, 2.75) is 11.7 Å². The normalized spacial score (nSPS) is 37.5. The molecule has 1 spiro atoms. The topological polar surface area (TPSA) is 66.8 Å². The second kappa shape index (κ2) is 3.70. The van der Waals surface area contributed by atoms with Crippen LogP contribution in [0, 0.1) is 11.8 Å². The van der Waals surface area contributed by atoms with E-state index in [1.54, 1.807) is 11.0 Å². The monoisotopic (exact) mass is 271 g/mol. The van der Waals surface area contributed by atoms with Crippen LogP contribution in [0.4, 0.5) is 5.69 Å². The maximum atomic E-state index is 12.6. The number of benzene rings is 1. The molecule has 0 radical (unpaired) electrons. The van der Waals surface area contributed by atoms with Crippen molar-refractivity contribution in [3.05, 3.63) is 42.5 Å². The van der Waals surface area contributed by atoms with Gasteiger partial charge in [-0.25, -0.2) is 0 Å². The first-order valence-electron chi connectivity index (χ1n) is 6.59. The Morgan fingerprint density at radius 3 is 2.80 bits per heavy atom. The number of fused-ring (bicyclic) bond motifs is 1. The average Bonchev–Trinajstić information content (AvgIpc) is 3.08. The number of hydrogen-bond donors (Lipinski definition) is 1. The summed E-state index contributed by atoms with van der Waals surface area (Å²) >= 11 is 0. The van der Waals surface area contributed by atoms with E-state index in [2.05, 4.69) is 0 Å². The number of nitrogens with zero attached hydrogens (tertiary/aromatic N) is 1. The molecule has 20 heavy (non-hydrogen) atoms. The number of carboxylic acid groups (broad SMARTS) is 1. The van der Waals surface area contributed by atoms with Crippen LogP contribution in [-0.2, 0) is 14.3 Å². The summed E-state index contributed by atoms with van der Waals surface area (Å²) in [6, 6.07) is 9.29. The average molecular weight is 271 g/mol. The Morgan fingerprint density at radius 2 is 2.10 bits per heavy atom. The van der Waals surface area contributed by atoms with Crippen LogP contribution in [0.1, 0.15) is 0 Å². The molecule has 2 unspecified atom stereocenters. The van der Waals surface area contributed by atoms with Crippen LogP contribution in [0.3, 0.4) is 0 Å². The highest BCUT2D eigenvalue weighted by Crippen LogP contribution is 2.52. The number of rotatable bonds is 2. The van der Waals surface area contributed by atoms with Crippen molar-refractivity contribution in [1.82, 2.24) is 0 Å². The number of carboxylic acids is 1. The number of amides is 1. The van der Waals surface area contributed by atoms with Crippen LogP contribution in [0.5, 0.6) is 0 Å². The van der Waals surface area contributed by atoms with Crippen molar-refractivity contribution in [2.75, 3.05) is 11.4 Å². The van der Waals surface area contributed by atoms with Gasteiger partial charge in [0.2, 0.25) is 5.91 Å². The van der Waals surface area contributed by atoms with Crippen LogP contribution in [0.2, 0.25) is 0 Å². The summed E-state index contributed by atoms with van der Waals surface area (Å²) in [6.07, 6.45) is 3.17. The number of anilines is 1. The second-order valence-corrected chi connectivity index (χ2v) is 5.50. The first kappa shape index (κ1) is 11.7. The van der Waals surface area contributed by atoms with Crippen molar-refractivity contribution in [3.63, 3.8) is 0 Å². The fourth-order valence-electron chi connectivity index (χ4n) is 3.61. The minimum Gasteiger partial charge on any atom is -0.481 e. The molecule has 5 heteroatoms. The lowest BCUT2D eigenvalue weighted by molar-refractivity contribution is -0.146. The van der Waals surface area contributed by atoms with Gasteiger partial charge in [-0.2, -0.15) is 0 Å². The van der Waals surface area contributed by atoms with Crippen molar-refractivity contribution in [2.24, 2.45) is 11.8 Å². The Bertz CT molecular complexity index is 626. The molecule has 4 atom stereocenters. The van der Waals surface area contributed by atoms with Gasteiger partial charge >= 0.3 is 5.97 Å². The molecule has 1 aromatic carbocycles. The molecular weight excluding hydrogens is 258 g/mol. The molecule has 0 saturated carbocycles. The van der Waals surface area contributed by atoms with E-state index in [0.717, 1.165) is 5.69 Å². The molecule has 1 amide bonds. The molecule has 3 aliphatic rings. The zero-order chi connectivity index (χ0) is 13.9. The molecule has 3 aliphatic heterocycles. The summed E-state index contributed by atoms with van der Waals surface area (Å²) in [5.41, 5.74) is 0.0200. The molecule has 102 valence electrons. The van der Waals surface area contributed by atoms with Gasteiger partial charge in [0.15, 0.2) is 0 Å². The number of carbonyl (C=O) groups is 2. The van der Waals surface area contributed by atoms with E-state index >= 15 is 0 Å². The summed E-state index contributed by atoms with van der Waals surface area (Å²) in [4.78, 5) is 25.7. The fourth-order valence-corrected chi connectivity index (χ4v) is 3.61. The molecule has 2 saturated heterocycles. The van der Waals surface area contributed by atoms with E-state index in [4.69, 9.17) is 4.74 Å². The minimum atomic E-state index is -0.963. The van der Waals surface area contributed by atoms with Gasteiger partial charge in [-0.1, -0.05) is 30.4 Å². The summed E-state index contributed by atoms with van der Waals surface area (Å²) in [5.74, 6) is -2.51. The van der Waals surface area contributed by atoms with Gasteiger partial charge in [-0.15, -0.1) is 0 Å². The number of carbonyl (C=O) groups excluding carboxylic acids is 1. The Balaban J connectivity index is 1.76. The number of para-hydroxylation sites is 1. The maximum absolute atomic E-state index is 12.6. The van der Waals surface area contributed by atoms with Crippen LogP contribution < -0.4 is 4.90 Å². The summed E-state index contributed by atoms with van der Waals surface area (Å²) in [6.45, 7) is 0.386. The Kier molecular flexibility index (Phi) is 2.16. The zero-order valence-electron chi connectivity index (χ0n) is 10.6. The van der Waals surface area contributed by atoms with Gasteiger partial charge < -0.3 is 14.7 Å². The van der Waals surface area contributed by atoms with Gasteiger partial charge in [-0.05, 0) is 12.1 Å². The van der Waals surface area contributed by atoms with Crippen molar-refractivity contribution < 1.29 is 19.4 Å². The zero-order valence-corrected chi connectivity index (χ0v) is 10.6. The third-order valence-electron chi connectivity index (χ3n) is 4.45. The molecule has 3 heterocycles. The largest absolute Gasteiger partial charge is 0.481 e. The predicted octanol–water partition coefficient (Wildman–Crippen LogP) is 1.06. The summed E-state index contributed by atoms with van der Waals surface area (Å²) < 4.78 is 5.83. The molecule has 4 rings (SSSR count). The summed E-state index contributed by atoms with van der Waals surface area (Å²) in [5, 5.41) is 9.37. The highest BCUT2D eigenvalue weighted by molar-refractivity contribution is 6.02. The Hall–Kier alpha value is -2.14. The molecule has 0 aliphatic carbocycles. The number of ether oxygens (including phenoxy) is 1. The van der Waals surface area contributed by atoms with E-state index in [9.17, 15) is 14.7 Å². The second-order valence-electron chi connectivity index (χ2n) is 5.50. The maximum Gasteiger partial charge on any atom is 0.310 e. The molecular formula is C15H13NO4. The molecule has 5 nitrogen and oxygen atoms in total. The highest BCUT2D eigenvalue weighted by Gasteiger charge is 2.67. The third-order valence-corrected chi connectivity index (χ3v) is 4.45. The van der Waals surface area contributed by atoms with E-state index in [0.29, 0.717) is 6.54 Å². The standard InChI is InChI=1S/C15H13NO4/c17-13-12-11(14(18)19)10-6-7-15(12,20-10)8-16(13)9-4-2-1-3-5-9/h1-7,10-12H,8H2,(H,18,19)/t10-,11?,12?,15-/m0/s1. The molecule has 2 fully saturated rings. The lowest BCUT2D eigenvalue weighted by Gasteiger charge is -2.21. The van der Waals surface area contributed by atoms with Gasteiger partial charge in [0.1, 0.15) is 11.5 Å². The van der Waals surface area contributed by atoms with Crippen LogP contribution in [0.25, 0.3) is 0 Å². The third kappa shape index (κ3) is 1.30. The Morgan fingerprint density at radius 1 is 1.35 bits per heavy atom. The number of aliphatic carboxylic acids is 1. The summed E-state index contributed by atoms with van der Waals surface area (Å²) in [7, 11) is 0. The predicted molar refractivity (Wildman–Crippen MR) is 70.2 cm³/mol. The lowest BCUT2D eigenvalue weighted by Crippen LogP contribution is -2.39. The number of hydrogen-bond acceptors (Lipinski definition) is 3. The Labute approximate surface area is 115 Å². The molecule has 2 bridgehead atoms. The first-order chi connectivity index (χ1) is 9.62. The quantitative estimate of drug-likeness (QED) is 0.817. The van der Waals surface area contributed by atoms with E-state index in [1.165, 1.54) is 0 Å². The van der Waals surface area contributed by atoms with E-state index < -0.39 is 29.5 Å². The van der Waals surface area contributed by atoms with Gasteiger partial charge in [0.25, 0.3) is 0 Å². The van der Waals surface area contributed by atoms with E-state index in [-0.39, 0.29) is 5.91 Å².